The molecular formula is C18H27N3O2. The molecule has 2 heterocycles. The quantitative estimate of drug-likeness (QED) is 0.801. The second-order valence-corrected chi connectivity index (χ2v) is 7.13. The summed E-state index contributed by atoms with van der Waals surface area (Å²) in [7, 11) is 3.67. The van der Waals surface area contributed by atoms with E-state index in [1.54, 1.807) is 7.11 Å². The molecule has 2 aliphatic rings. The number of allylic oxidation sites excluding steroid dienone is 2. The van der Waals surface area contributed by atoms with Gasteiger partial charge in [0.05, 0.1) is 23.8 Å². The number of carbonyl (C=O) groups excluding carboxylic acids is 1. The predicted molar refractivity (Wildman–Crippen MR) is 88.9 cm³/mol. The van der Waals surface area contributed by atoms with E-state index in [1.807, 2.05) is 24.1 Å². The summed E-state index contributed by atoms with van der Waals surface area (Å²) in [4.78, 5) is 15.3. The van der Waals surface area contributed by atoms with Crippen LogP contribution in [0.1, 0.15) is 38.2 Å². The molecule has 3 rings (SSSR count). The Bertz CT molecular complexity index is 595. The number of hydrogen-bond donors (Lipinski definition) is 0. The van der Waals surface area contributed by atoms with Gasteiger partial charge in [0, 0.05) is 26.9 Å². The van der Waals surface area contributed by atoms with E-state index in [2.05, 4.69) is 29.1 Å². The van der Waals surface area contributed by atoms with Crippen molar-refractivity contribution in [2.75, 3.05) is 13.7 Å². The minimum atomic E-state index is -0.259. The first kappa shape index (κ1) is 16.2. The van der Waals surface area contributed by atoms with Gasteiger partial charge in [0.15, 0.2) is 0 Å². The molecule has 5 nitrogen and oxygen atoms in total. The van der Waals surface area contributed by atoms with Crippen molar-refractivity contribution >= 4 is 5.91 Å². The first-order chi connectivity index (χ1) is 11.0. The Morgan fingerprint density at radius 2 is 2.30 bits per heavy atom. The molecule has 1 aromatic rings. The van der Waals surface area contributed by atoms with Gasteiger partial charge in [0.25, 0.3) is 0 Å². The van der Waals surface area contributed by atoms with E-state index in [9.17, 15) is 4.79 Å². The second-order valence-electron chi connectivity index (χ2n) is 7.13. The number of carbonyl (C=O) groups is 1. The average molecular weight is 317 g/mol. The largest absolute Gasteiger partial charge is 0.379 e. The van der Waals surface area contributed by atoms with E-state index < -0.39 is 0 Å². The fraction of sp³-hybridized carbons (Fsp3) is 0.667. The number of aryl methyl sites for hydroxylation is 1. The third kappa shape index (κ3) is 3.20. The average Bonchev–Trinajstić information content (AvgIpc) is 3.14. The van der Waals surface area contributed by atoms with Crippen molar-refractivity contribution < 1.29 is 9.53 Å². The highest BCUT2D eigenvalue weighted by Gasteiger charge is 2.44. The Labute approximate surface area is 138 Å². The molecule has 1 unspecified atom stereocenters. The summed E-state index contributed by atoms with van der Waals surface area (Å²) < 4.78 is 7.48. The fourth-order valence-corrected chi connectivity index (χ4v) is 3.92. The highest BCUT2D eigenvalue weighted by Crippen LogP contribution is 2.37. The van der Waals surface area contributed by atoms with Gasteiger partial charge in [-0.15, -0.1) is 0 Å². The lowest BCUT2D eigenvalue weighted by Crippen LogP contribution is -2.48. The first-order valence-corrected chi connectivity index (χ1v) is 8.50. The van der Waals surface area contributed by atoms with Crippen molar-refractivity contribution in [2.45, 2.75) is 51.2 Å². The molecule has 0 bridgehead atoms. The molecule has 23 heavy (non-hydrogen) atoms. The molecule has 3 atom stereocenters. The molecule has 1 saturated heterocycles. The van der Waals surface area contributed by atoms with Crippen LogP contribution < -0.4 is 0 Å². The minimum absolute atomic E-state index is 0.111. The van der Waals surface area contributed by atoms with E-state index >= 15 is 0 Å². The highest BCUT2D eigenvalue weighted by atomic mass is 16.5. The lowest BCUT2D eigenvalue weighted by atomic mass is 9.77. The van der Waals surface area contributed by atoms with Crippen LogP contribution in [-0.4, -0.2) is 46.4 Å². The lowest BCUT2D eigenvalue weighted by molar-refractivity contribution is -0.143. The van der Waals surface area contributed by atoms with Gasteiger partial charge < -0.3 is 9.64 Å². The van der Waals surface area contributed by atoms with E-state index in [0.29, 0.717) is 0 Å². The minimum Gasteiger partial charge on any atom is -0.379 e. The van der Waals surface area contributed by atoms with Gasteiger partial charge in [-0.3, -0.25) is 9.48 Å². The zero-order valence-corrected chi connectivity index (χ0v) is 14.4. The van der Waals surface area contributed by atoms with Crippen LogP contribution in [0, 0.1) is 5.41 Å². The maximum atomic E-state index is 13.2. The van der Waals surface area contributed by atoms with Crippen LogP contribution in [0.15, 0.2) is 24.5 Å². The van der Waals surface area contributed by atoms with Crippen LogP contribution in [-0.2, 0) is 23.0 Å². The number of likely N-dealkylation sites (tertiary alicyclic amines) is 1. The topological polar surface area (TPSA) is 47.4 Å². The van der Waals surface area contributed by atoms with Crippen molar-refractivity contribution in [3.8, 4) is 0 Å². The SMILES string of the molecule is CO[C@H]1CCN(C(=O)C2(C)CC=CCC2)[C@H]1Cc1cnn(C)c1. The summed E-state index contributed by atoms with van der Waals surface area (Å²) in [5.74, 6) is 0.287. The molecular weight excluding hydrogens is 290 g/mol. The normalized spacial score (nSPS) is 30.8. The van der Waals surface area contributed by atoms with Crippen LogP contribution in [0.25, 0.3) is 0 Å². The summed E-state index contributed by atoms with van der Waals surface area (Å²) in [5, 5.41) is 4.25. The molecule has 0 aromatic carbocycles. The molecule has 1 aromatic heterocycles. The molecule has 1 aliphatic carbocycles. The number of nitrogens with zero attached hydrogens (tertiary/aromatic N) is 3. The van der Waals surface area contributed by atoms with Crippen molar-refractivity contribution in [3.05, 3.63) is 30.1 Å². The monoisotopic (exact) mass is 317 g/mol. The molecule has 1 fully saturated rings. The van der Waals surface area contributed by atoms with Crippen molar-refractivity contribution in [1.29, 1.82) is 0 Å². The van der Waals surface area contributed by atoms with Gasteiger partial charge in [-0.25, -0.2) is 0 Å². The highest BCUT2D eigenvalue weighted by molar-refractivity contribution is 5.83. The number of methoxy groups -OCH3 is 1. The van der Waals surface area contributed by atoms with E-state index in [-0.39, 0.29) is 23.5 Å². The van der Waals surface area contributed by atoms with Crippen molar-refractivity contribution in [3.63, 3.8) is 0 Å². The Hall–Kier alpha value is -1.62. The maximum absolute atomic E-state index is 13.2. The number of ether oxygens (including phenoxy) is 1. The number of aromatic nitrogens is 2. The molecule has 1 amide bonds. The molecule has 1 aliphatic heterocycles. The van der Waals surface area contributed by atoms with E-state index in [4.69, 9.17) is 4.74 Å². The Balaban J connectivity index is 1.79. The molecule has 0 radical (unpaired) electrons. The van der Waals surface area contributed by atoms with Gasteiger partial charge in [-0.1, -0.05) is 19.1 Å². The zero-order valence-electron chi connectivity index (χ0n) is 14.4. The lowest BCUT2D eigenvalue weighted by Gasteiger charge is -2.37. The summed E-state index contributed by atoms with van der Waals surface area (Å²) in [6.07, 6.45) is 12.9. The molecule has 0 spiro atoms. The van der Waals surface area contributed by atoms with Gasteiger partial charge in [0.2, 0.25) is 5.91 Å². The smallest absolute Gasteiger partial charge is 0.229 e. The Kier molecular flexibility index (Phi) is 4.57. The summed E-state index contributed by atoms with van der Waals surface area (Å²) in [6.45, 7) is 2.90. The number of rotatable bonds is 4. The predicted octanol–water partition coefficient (Wildman–Crippen LogP) is 2.32. The van der Waals surface area contributed by atoms with Crippen LogP contribution in [0.2, 0.25) is 0 Å². The number of amides is 1. The summed E-state index contributed by atoms with van der Waals surface area (Å²) in [6, 6.07) is 0.111. The molecule has 0 saturated carbocycles. The Morgan fingerprint density at radius 3 is 2.91 bits per heavy atom. The van der Waals surface area contributed by atoms with Gasteiger partial charge in [-0.2, -0.15) is 5.10 Å². The summed E-state index contributed by atoms with van der Waals surface area (Å²) in [5.41, 5.74) is 0.901. The van der Waals surface area contributed by atoms with E-state index in [1.165, 1.54) is 0 Å². The van der Waals surface area contributed by atoms with Crippen LogP contribution in [0.5, 0.6) is 0 Å². The van der Waals surface area contributed by atoms with Gasteiger partial charge >= 0.3 is 0 Å². The zero-order chi connectivity index (χ0) is 16.4. The fourth-order valence-electron chi connectivity index (χ4n) is 3.92. The van der Waals surface area contributed by atoms with Gasteiger partial charge in [-0.05, 0) is 37.7 Å². The third-order valence-corrected chi connectivity index (χ3v) is 5.36. The first-order valence-electron chi connectivity index (χ1n) is 8.50. The van der Waals surface area contributed by atoms with E-state index in [0.717, 1.165) is 44.2 Å². The Morgan fingerprint density at radius 1 is 1.48 bits per heavy atom. The standard InChI is InChI=1S/C18H27N3O2/c1-18(8-5-4-6-9-18)17(22)21-10-7-16(23-3)15(21)11-14-12-19-20(2)13-14/h4-5,12-13,15-16H,6-11H2,1-3H3/t15-,16-,18?/m0/s1. The van der Waals surface area contributed by atoms with Crippen LogP contribution >= 0.6 is 0 Å². The summed E-state index contributed by atoms with van der Waals surface area (Å²) >= 11 is 0. The van der Waals surface area contributed by atoms with Gasteiger partial charge in [0.1, 0.15) is 0 Å². The van der Waals surface area contributed by atoms with Crippen molar-refractivity contribution in [1.82, 2.24) is 14.7 Å². The molecule has 126 valence electrons. The molecule has 5 heteroatoms. The second kappa shape index (κ2) is 6.48. The third-order valence-electron chi connectivity index (χ3n) is 5.36. The van der Waals surface area contributed by atoms with Crippen LogP contribution in [0.3, 0.4) is 0 Å². The number of hydrogen-bond acceptors (Lipinski definition) is 3. The van der Waals surface area contributed by atoms with Crippen LogP contribution in [0.4, 0.5) is 0 Å². The maximum Gasteiger partial charge on any atom is 0.229 e. The molecule has 0 N–H and O–H groups in total. The van der Waals surface area contributed by atoms with Crippen molar-refractivity contribution in [2.24, 2.45) is 12.5 Å².